The fourth-order valence-corrected chi connectivity index (χ4v) is 4.91. The molecule has 0 saturated carbocycles. The largest absolute Gasteiger partial charge is 0.325 e. The molecule has 0 unspecified atom stereocenters. The van der Waals surface area contributed by atoms with E-state index in [2.05, 4.69) is 31.5 Å². The normalized spacial score (nSPS) is 13.8. The van der Waals surface area contributed by atoms with Crippen molar-refractivity contribution in [3.63, 3.8) is 0 Å². The summed E-state index contributed by atoms with van der Waals surface area (Å²) in [6, 6.07) is 12.0. The lowest BCUT2D eigenvalue weighted by Crippen LogP contribution is -2.14. The van der Waals surface area contributed by atoms with Crippen LogP contribution in [0, 0.1) is 0 Å². The van der Waals surface area contributed by atoms with E-state index in [0.29, 0.717) is 5.75 Å². The highest BCUT2D eigenvalue weighted by molar-refractivity contribution is 7.99. The van der Waals surface area contributed by atoms with Crippen LogP contribution in [-0.2, 0) is 23.5 Å². The fraction of sp³-hybridized carbons (Fsp3) is 0.350. The van der Waals surface area contributed by atoms with Crippen molar-refractivity contribution in [2.45, 2.75) is 38.0 Å². The number of aryl methyl sites for hydroxylation is 1. The van der Waals surface area contributed by atoms with Crippen LogP contribution in [-0.4, -0.2) is 26.4 Å². The predicted molar refractivity (Wildman–Crippen MR) is 112 cm³/mol. The Hall–Kier alpha value is -2.12. The number of hydrogen-bond acceptors (Lipinski definition) is 5. The lowest BCUT2D eigenvalue weighted by atomic mass is 10.2. The molecular formula is C20H22N4OS2. The number of anilines is 1. The number of fused-ring (bicyclic) bond motifs is 1. The zero-order chi connectivity index (χ0) is 18.5. The van der Waals surface area contributed by atoms with Crippen molar-refractivity contribution >= 4 is 34.7 Å². The highest BCUT2D eigenvalue weighted by atomic mass is 32.2. The maximum Gasteiger partial charge on any atom is 0.234 e. The number of amides is 1. The molecule has 1 aliphatic rings. The molecule has 0 saturated heterocycles. The van der Waals surface area contributed by atoms with Crippen LogP contribution in [0.2, 0.25) is 0 Å². The smallest absolute Gasteiger partial charge is 0.234 e. The van der Waals surface area contributed by atoms with Crippen LogP contribution < -0.4 is 5.32 Å². The Morgan fingerprint density at radius 3 is 2.85 bits per heavy atom. The van der Waals surface area contributed by atoms with Crippen molar-refractivity contribution in [3.8, 4) is 11.4 Å². The molecule has 27 heavy (non-hydrogen) atoms. The monoisotopic (exact) mass is 398 g/mol. The average molecular weight is 399 g/mol. The van der Waals surface area contributed by atoms with Crippen LogP contribution in [0.3, 0.4) is 0 Å². The van der Waals surface area contributed by atoms with E-state index in [1.54, 1.807) is 23.1 Å². The molecule has 5 nitrogen and oxygen atoms in total. The number of thiophene rings is 1. The Labute approximate surface area is 167 Å². The minimum Gasteiger partial charge on any atom is -0.325 e. The summed E-state index contributed by atoms with van der Waals surface area (Å²) in [4.78, 5) is 13.4. The van der Waals surface area contributed by atoms with Crippen LogP contribution in [0.5, 0.6) is 0 Å². The van der Waals surface area contributed by atoms with Crippen molar-refractivity contribution in [1.82, 2.24) is 14.8 Å². The summed E-state index contributed by atoms with van der Waals surface area (Å²) in [6.45, 7) is 0.984. The third-order valence-corrected chi connectivity index (χ3v) is 6.63. The Morgan fingerprint density at radius 1 is 1.15 bits per heavy atom. The van der Waals surface area contributed by atoms with Gasteiger partial charge in [-0.15, -0.1) is 33.3 Å². The van der Waals surface area contributed by atoms with Gasteiger partial charge in [-0.1, -0.05) is 12.5 Å². The lowest BCUT2D eigenvalue weighted by molar-refractivity contribution is -0.113. The number of nitrogens with zero attached hydrogens (tertiary/aromatic N) is 3. The highest BCUT2D eigenvalue weighted by Gasteiger charge is 2.16. The summed E-state index contributed by atoms with van der Waals surface area (Å²) in [5.74, 6) is 3.37. The minimum absolute atomic E-state index is 0.0284. The van der Waals surface area contributed by atoms with E-state index in [9.17, 15) is 4.79 Å². The number of aromatic nitrogens is 3. The second-order valence-electron chi connectivity index (χ2n) is 6.60. The van der Waals surface area contributed by atoms with Crippen LogP contribution >= 0.6 is 23.1 Å². The molecule has 1 aromatic carbocycles. The van der Waals surface area contributed by atoms with Gasteiger partial charge in [0.1, 0.15) is 5.82 Å². The van der Waals surface area contributed by atoms with Crippen LogP contribution in [0.15, 0.2) is 41.8 Å². The first kappa shape index (κ1) is 18.3. The van der Waals surface area contributed by atoms with E-state index in [4.69, 9.17) is 0 Å². The van der Waals surface area contributed by atoms with Gasteiger partial charge in [0.2, 0.25) is 5.91 Å². The van der Waals surface area contributed by atoms with E-state index in [1.807, 2.05) is 30.3 Å². The molecule has 1 aliphatic heterocycles. The van der Waals surface area contributed by atoms with Gasteiger partial charge in [0.05, 0.1) is 5.75 Å². The number of rotatable bonds is 6. The number of hydrogen-bond donors (Lipinski definition) is 1. The van der Waals surface area contributed by atoms with Crippen molar-refractivity contribution in [2.75, 3.05) is 11.1 Å². The van der Waals surface area contributed by atoms with Gasteiger partial charge >= 0.3 is 0 Å². The van der Waals surface area contributed by atoms with Gasteiger partial charge in [-0.2, -0.15) is 0 Å². The van der Waals surface area contributed by atoms with Gasteiger partial charge in [0, 0.05) is 34.8 Å². The Bertz CT molecular complexity index is 887. The highest BCUT2D eigenvalue weighted by Crippen LogP contribution is 2.24. The first-order valence-corrected chi connectivity index (χ1v) is 11.3. The van der Waals surface area contributed by atoms with Crippen LogP contribution in [0.1, 0.15) is 30.0 Å². The molecule has 0 atom stereocenters. The Kier molecular flexibility index (Phi) is 5.89. The molecule has 4 rings (SSSR count). The van der Waals surface area contributed by atoms with Gasteiger partial charge in [0.15, 0.2) is 5.82 Å². The minimum atomic E-state index is 0.0284. The van der Waals surface area contributed by atoms with E-state index in [1.165, 1.54) is 24.1 Å². The molecule has 1 N–H and O–H groups in total. The number of carbonyl (C=O) groups is 1. The summed E-state index contributed by atoms with van der Waals surface area (Å²) in [6.07, 6.45) is 4.62. The first-order valence-electron chi connectivity index (χ1n) is 9.22. The Morgan fingerprint density at radius 2 is 2.04 bits per heavy atom. The maximum atomic E-state index is 12.1. The lowest BCUT2D eigenvalue weighted by Gasteiger charge is -2.08. The number of carbonyl (C=O) groups excluding carboxylic acids is 1. The maximum absolute atomic E-state index is 12.1. The van der Waals surface area contributed by atoms with Crippen LogP contribution in [0.4, 0.5) is 5.69 Å². The zero-order valence-corrected chi connectivity index (χ0v) is 16.7. The molecule has 0 fully saturated rings. The van der Waals surface area contributed by atoms with Gasteiger partial charge in [-0.25, -0.2) is 0 Å². The topological polar surface area (TPSA) is 59.8 Å². The van der Waals surface area contributed by atoms with Gasteiger partial charge < -0.3 is 9.88 Å². The SMILES string of the molecule is O=C(CSCc1cccs1)Nc1ccc(-c2nnc3n2CCCCC3)cc1. The Balaban J connectivity index is 1.35. The molecule has 140 valence electrons. The molecule has 0 bridgehead atoms. The second kappa shape index (κ2) is 8.71. The van der Waals surface area contributed by atoms with E-state index < -0.39 is 0 Å². The molecule has 0 aliphatic carbocycles. The van der Waals surface area contributed by atoms with E-state index in [-0.39, 0.29) is 5.91 Å². The quantitative estimate of drug-likeness (QED) is 0.659. The van der Waals surface area contributed by atoms with E-state index >= 15 is 0 Å². The molecule has 7 heteroatoms. The molecule has 1 amide bonds. The van der Waals surface area contributed by atoms with Crippen molar-refractivity contribution < 1.29 is 4.79 Å². The third-order valence-electron chi connectivity index (χ3n) is 4.59. The second-order valence-corrected chi connectivity index (χ2v) is 8.62. The average Bonchev–Trinajstić information content (AvgIpc) is 3.27. The fourth-order valence-electron chi connectivity index (χ4n) is 3.24. The predicted octanol–water partition coefficient (Wildman–Crippen LogP) is 4.60. The van der Waals surface area contributed by atoms with Crippen molar-refractivity contribution in [1.29, 1.82) is 0 Å². The number of nitrogens with one attached hydrogen (secondary N) is 1. The summed E-state index contributed by atoms with van der Waals surface area (Å²) >= 11 is 3.36. The third kappa shape index (κ3) is 4.59. The summed E-state index contributed by atoms with van der Waals surface area (Å²) in [7, 11) is 0. The molecule has 3 heterocycles. The zero-order valence-electron chi connectivity index (χ0n) is 15.1. The summed E-state index contributed by atoms with van der Waals surface area (Å²) < 4.78 is 2.24. The van der Waals surface area contributed by atoms with E-state index in [0.717, 1.165) is 41.6 Å². The van der Waals surface area contributed by atoms with Crippen molar-refractivity contribution in [2.24, 2.45) is 0 Å². The molecule has 0 radical (unpaired) electrons. The van der Waals surface area contributed by atoms with Crippen LogP contribution in [0.25, 0.3) is 11.4 Å². The molecule has 3 aromatic rings. The van der Waals surface area contributed by atoms with Gasteiger partial charge in [-0.05, 0) is 48.6 Å². The van der Waals surface area contributed by atoms with Crippen molar-refractivity contribution in [3.05, 3.63) is 52.5 Å². The molecule has 0 spiro atoms. The summed E-state index contributed by atoms with van der Waals surface area (Å²) in [5.41, 5.74) is 1.86. The van der Waals surface area contributed by atoms with Gasteiger partial charge in [0.25, 0.3) is 0 Å². The van der Waals surface area contributed by atoms with Gasteiger partial charge in [-0.3, -0.25) is 4.79 Å². The molecular weight excluding hydrogens is 376 g/mol. The standard InChI is InChI=1S/C20H22N4OS2/c25-19(14-26-13-17-5-4-12-27-17)21-16-9-7-15(8-10-16)20-23-22-18-6-2-1-3-11-24(18)20/h4-5,7-10,12H,1-3,6,11,13-14H2,(H,21,25). The molecule has 2 aromatic heterocycles. The number of benzene rings is 1. The number of thioether (sulfide) groups is 1. The first-order chi connectivity index (χ1) is 13.3. The summed E-state index contributed by atoms with van der Waals surface area (Å²) in [5, 5.41) is 13.8.